The number of rotatable bonds is 3. The zero-order valence-corrected chi connectivity index (χ0v) is 6.75. The fourth-order valence-electron chi connectivity index (χ4n) is 0.575. The normalized spacial score (nSPS) is 9.92. The maximum absolute atomic E-state index is 12.7. The van der Waals surface area contributed by atoms with Gasteiger partial charge in [-0.05, 0) is 11.6 Å². The Balaban J connectivity index is 2.75. The van der Waals surface area contributed by atoms with Crippen LogP contribution in [0.4, 0.5) is 4.39 Å². The summed E-state index contributed by atoms with van der Waals surface area (Å²) in [5.74, 6) is -0.947. The first-order chi connectivity index (χ1) is 5.74. The number of aliphatic hydroxyl groups is 1. The van der Waals surface area contributed by atoms with E-state index < -0.39 is 5.82 Å². The van der Waals surface area contributed by atoms with Crippen LogP contribution >= 0.6 is 11.6 Å². The van der Waals surface area contributed by atoms with E-state index in [1.165, 1.54) is 0 Å². The van der Waals surface area contributed by atoms with Crippen molar-refractivity contribution in [2.75, 3.05) is 13.2 Å². The lowest BCUT2D eigenvalue weighted by Crippen LogP contribution is -2.05. The van der Waals surface area contributed by atoms with Gasteiger partial charge in [-0.3, -0.25) is 0 Å². The lowest BCUT2D eigenvalue weighted by atomic mass is 10.6. The van der Waals surface area contributed by atoms with Crippen LogP contribution in [0.5, 0.6) is 5.88 Å². The van der Waals surface area contributed by atoms with E-state index >= 15 is 0 Å². The van der Waals surface area contributed by atoms with E-state index in [2.05, 4.69) is 9.97 Å². The molecule has 0 saturated heterocycles. The number of ether oxygens (including phenoxy) is 1. The minimum absolute atomic E-state index is 0.0235. The van der Waals surface area contributed by atoms with Gasteiger partial charge in [-0.15, -0.1) is 0 Å². The largest absolute Gasteiger partial charge is 0.473 e. The van der Waals surface area contributed by atoms with Crippen molar-refractivity contribution in [2.24, 2.45) is 0 Å². The summed E-state index contributed by atoms with van der Waals surface area (Å²) < 4.78 is 17.4. The molecule has 0 saturated carbocycles. The zero-order chi connectivity index (χ0) is 8.97. The van der Waals surface area contributed by atoms with E-state index in [1.54, 1.807) is 0 Å². The SMILES string of the molecule is OCCOc1nc(Cl)ncc1F. The smallest absolute Gasteiger partial charge is 0.254 e. The van der Waals surface area contributed by atoms with Crippen LogP contribution < -0.4 is 4.74 Å². The fourth-order valence-corrected chi connectivity index (χ4v) is 0.700. The Labute approximate surface area is 73.0 Å². The Hall–Kier alpha value is -0.940. The van der Waals surface area contributed by atoms with E-state index in [1.807, 2.05) is 0 Å². The van der Waals surface area contributed by atoms with Crippen molar-refractivity contribution in [2.45, 2.75) is 0 Å². The molecule has 0 amide bonds. The summed E-state index contributed by atoms with van der Waals surface area (Å²) in [5, 5.41) is 8.27. The third-order valence-corrected chi connectivity index (χ3v) is 1.19. The first-order valence-corrected chi connectivity index (χ1v) is 3.53. The van der Waals surface area contributed by atoms with Crippen LogP contribution in [0, 0.1) is 5.82 Å². The Bertz CT molecular complexity index is 272. The molecule has 0 aliphatic carbocycles. The van der Waals surface area contributed by atoms with Gasteiger partial charge in [0.15, 0.2) is 0 Å². The quantitative estimate of drug-likeness (QED) is 0.715. The molecule has 1 aromatic heterocycles. The monoisotopic (exact) mass is 192 g/mol. The predicted octanol–water partition coefficient (Wildman–Crippen LogP) is 0.640. The first kappa shape index (κ1) is 9.15. The molecule has 0 radical (unpaired) electrons. The molecular weight excluding hydrogens is 187 g/mol. The summed E-state index contributed by atoms with van der Waals surface area (Å²) in [4.78, 5) is 6.84. The molecule has 0 aliphatic rings. The molecule has 6 heteroatoms. The van der Waals surface area contributed by atoms with Gasteiger partial charge in [0.2, 0.25) is 11.1 Å². The topological polar surface area (TPSA) is 55.2 Å². The highest BCUT2D eigenvalue weighted by molar-refractivity contribution is 6.28. The predicted molar refractivity (Wildman–Crippen MR) is 39.6 cm³/mol. The van der Waals surface area contributed by atoms with Gasteiger partial charge in [0.25, 0.3) is 5.88 Å². The lowest BCUT2D eigenvalue weighted by molar-refractivity contribution is 0.191. The van der Waals surface area contributed by atoms with Crippen LogP contribution in [-0.2, 0) is 0 Å². The molecule has 0 aliphatic heterocycles. The average molecular weight is 193 g/mol. The van der Waals surface area contributed by atoms with Crippen molar-refractivity contribution in [3.8, 4) is 5.88 Å². The standard InChI is InChI=1S/C6H6ClFN2O2/c7-6-9-3-4(8)5(10-6)12-2-1-11/h3,11H,1-2H2. The van der Waals surface area contributed by atoms with Gasteiger partial charge in [0.1, 0.15) is 6.61 Å². The second-order valence-corrected chi connectivity index (χ2v) is 2.20. The molecule has 0 unspecified atom stereocenters. The van der Waals surface area contributed by atoms with Crippen molar-refractivity contribution >= 4 is 11.6 Å². The summed E-state index contributed by atoms with van der Waals surface area (Å²) in [5.41, 5.74) is 0. The van der Waals surface area contributed by atoms with E-state index in [9.17, 15) is 4.39 Å². The Morgan fingerprint density at radius 1 is 1.67 bits per heavy atom. The highest BCUT2D eigenvalue weighted by Gasteiger charge is 2.05. The van der Waals surface area contributed by atoms with Crippen LogP contribution in [0.2, 0.25) is 5.28 Å². The summed E-state index contributed by atoms with van der Waals surface area (Å²) in [7, 11) is 0. The van der Waals surface area contributed by atoms with Crippen molar-refractivity contribution in [1.82, 2.24) is 9.97 Å². The van der Waals surface area contributed by atoms with Gasteiger partial charge in [-0.25, -0.2) is 4.98 Å². The molecule has 12 heavy (non-hydrogen) atoms. The average Bonchev–Trinajstić information content (AvgIpc) is 2.07. The number of nitrogens with zero attached hydrogens (tertiary/aromatic N) is 2. The molecule has 0 aromatic carbocycles. The first-order valence-electron chi connectivity index (χ1n) is 3.15. The Kier molecular flexibility index (Phi) is 3.19. The minimum atomic E-state index is -0.701. The second-order valence-electron chi connectivity index (χ2n) is 1.86. The van der Waals surface area contributed by atoms with Crippen molar-refractivity contribution in [3.63, 3.8) is 0 Å². The van der Waals surface area contributed by atoms with Gasteiger partial charge in [-0.1, -0.05) is 0 Å². The van der Waals surface area contributed by atoms with Crippen LogP contribution in [0.15, 0.2) is 6.20 Å². The van der Waals surface area contributed by atoms with Crippen molar-refractivity contribution in [3.05, 3.63) is 17.3 Å². The Morgan fingerprint density at radius 3 is 3.08 bits per heavy atom. The molecule has 0 spiro atoms. The number of hydrogen-bond donors (Lipinski definition) is 1. The molecule has 1 N–H and O–H groups in total. The number of aromatic nitrogens is 2. The summed E-state index contributed by atoms with van der Waals surface area (Å²) in [6.45, 7) is -0.231. The van der Waals surface area contributed by atoms with Crippen LogP contribution in [-0.4, -0.2) is 28.3 Å². The number of hydrogen-bond acceptors (Lipinski definition) is 4. The van der Waals surface area contributed by atoms with E-state index in [0.29, 0.717) is 0 Å². The summed E-state index contributed by atoms with van der Waals surface area (Å²) in [6, 6.07) is 0. The van der Waals surface area contributed by atoms with Crippen LogP contribution in [0.1, 0.15) is 0 Å². The van der Waals surface area contributed by atoms with E-state index in [-0.39, 0.29) is 24.4 Å². The molecule has 1 aromatic rings. The highest BCUT2D eigenvalue weighted by Crippen LogP contribution is 2.13. The molecule has 0 atom stereocenters. The summed E-state index contributed by atoms with van der Waals surface area (Å²) in [6.07, 6.45) is 0.905. The van der Waals surface area contributed by atoms with Crippen LogP contribution in [0.3, 0.4) is 0 Å². The molecule has 1 rings (SSSR count). The lowest BCUT2D eigenvalue weighted by Gasteiger charge is -2.02. The molecule has 0 bridgehead atoms. The van der Waals surface area contributed by atoms with Gasteiger partial charge >= 0.3 is 0 Å². The third-order valence-electron chi connectivity index (χ3n) is 1.01. The molecule has 1 heterocycles. The summed E-state index contributed by atoms with van der Waals surface area (Å²) >= 11 is 5.36. The molecule has 0 fully saturated rings. The van der Waals surface area contributed by atoms with Gasteiger partial charge in [-0.2, -0.15) is 9.37 Å². The zero-order valence-electron chi connectivity index (χ0n) is 6.00. The van der Waals surface area contributed by atoms with Gasteiger partial charge < -0.3 is 9.84 Å². The minimum Gasteiger partial charge on any atom is -0.473 e. The molecule has 66 valence electrons. The highest BCUT2D eigenvalue weighted by atomic mass is 35.5. The maximum Gasteiger partial charge on any atom is 0.254 e. The Morgan fingerprint density at radius 2 is 2.42 bits per heavy atom. The second kappa shape index (κ2) is 4.18. The van der Waals surface area contributed by atoms with E-state index in [0.717, 1.165) is 6.20 Å². The van der Waals surface area contributed by atoms with Gasteiger partial charge in [0, 0.05) is 0 Å². The molecule has 4 nitrogen and oxygen atoms in total. The van der Waals surface area contributed by atoms with Crippen molar-refractivity contribution in [1.29, 1.82) is 0 Å². The van der Waals surface area contributed by atoms with E-state index in [4.69, 9.17) is 21.4 Å². The number of halogens is 2. The maximum atomic E-state index is 12.7. The van der Waals surface area contributed by atoms with Crippen LogP contribution in [0.25, 0.3) is 0 Å². The third kappa shape index (κ3) is 2.28. The van der Waals surface area contributed by atoms with Crippen molar-refractivity contribution < 1.29 is 14.2 Å². The number of aliphatic hydroxyl groups excluding tert-OH is 1. The molecular formula is C6H6ClFN2O2. The fraction of sp³-hybridized carbons (Fsp3) is 0.333. The van der Waals surface area contributed by atoms with Gasteiger partial charge in [0.05, 0.1) is 12.8 Å².